The molecule has 0 aliphatic carbocycles. The second-order valence-electron chi connectivity index (χ2n) is 4.74. The monoisotopic (exact) mass is 319 g/mol. The highest BCUT2D eigenvalue weighted by Gasteiger charge is 2.14. The third-order valence-electron chi connectivity index (χ3n) is 2.87. The van der Waals surface area contributed by atoms with E-state index in [1.807, 2.05) is 31.2 Å². The van der Waals surface area contributed by atoms with Crippen molar-refractivity contribution < 1.29 is 9.59 Å². The number of benzene rings is 1. The van der Waals surface area contributed by atoms with E-state index < -0.39 is 0 Å². The van der Waals surface area contributed by atoms with Gasteiger partial charge in [0.1, 0.15) is 6.33 Å². The van der Waals surface area contributed by atoms with E-state index in [2.05, 4.69) is 20.5 Å². The second kappa shape index (κ2) is 7.60. The smallest absolute Gasteiger partial charge is 0.243 e. The molecule has 0 fully saturated rings. The Morgan fingerprint density at radius 1 is 1.32 bits per heavy atom. The number of aryl methyl sites for hydroxylation is 1. The maximum atomic E-state index is 11.9. The predicted octanol–water partition coefficient (Wildman–Crippen LogP) is 1.30. The first kappa shape index (κ1) is 16.0. The SMILES string of the molecule is Cc1ccc(NC(=O)CN(C)C(=O)CSc2ncn[nH]2)cc1. The van der Waals surface area contributed by atoms with Crippen molar-refractivity contribution in [3.05, 3.63) is 36.2 Å². The van der Waals surface area contributed by atoms with Gasteiger partial charge in [-0.3, -0.25) is 14.7 Å². The summed E-state index contributed by atoms with van der Waals surface area (Å²) in [6.45, 7) is 1.98. The molecule has 0 aliphatic rings. The summed E-state index contributed by atoms with van der Waals surface area (Å²) in [4.78, 5) is 29.1. The normalized spacial score (nSPS) is 10.3. The van der Waals surface area contributed by atoms with Crippen LogP contribution in [0.25, 0.3) is 0 Å². The average molecular weight is 319 g/mol. The van der Waals surface area contributed by atoms with E-state index in [9.17, 15) is 9.59 Å². The maximum Gasteiger partial charge on any atom is 0.243 e. The van der Waals surface area contributed by atoms with E-state index >= 15 is 0 Å². The lowest BCUT2D eigenvalue weighted by Crippen LogP contribution is -2.35. The van der Waals surface area contributed by atoms with Gasteiger partial charge in [0.2, 0.25) is 11.8 Å². The number of H-pyrrole nitrogens is 1. The molecule has 0 spiro atoms. The number of thioether (sulfide) groups is 1. The van der Waals surface area contributed by atoms with Crippen LogP contribution >= 0.6 is 11.8 Å². The number of hydrogen-bond donors (Lipinski definition) is 2. The highest BCUT2D eigenvalue weighted by Crippen LogP contribution is 2.11. The molecule has 0 radical (unpaired) electrons. The van der Waals surface area contributed by atoms with Gasteiger partial charge in [0.25, 0.3) is 0 Å². The van der Waals surface area contributed by atoms with Gasteiger partial charge in [-0.15, -0.1) is 0 Å². The van der Waals surface area contributed by atoms with Crippen LogP contribution in [0, 0.1) is 6.92 Å². The maximum absolute atomic E-state index is 11.9. The summed E-state index contributed by atoms with van der Waals surface area (Å²) in [5, 5.41) is 9.69. The summed E-state index contributed by atoms with van der Waals surface area (Å²) in [6.07, 6.45) is 1.38. The molecular formula is C14H17N5O2S. The lowest BCUT2D eigenvalue weighted by Gasteiger charge is -2.16. The van der Waals surface area contributed by atoms with Gasteiger partial charge in [-0.25, -0.2) is 4.98 Å². The van der Waals surface area contributed by atoms with Crippen LogP contribution in [0.15, 0.2) is 35.7 Å². The van der Waals surface area contributed by atoms with Crippen LogP contribution in [0.1, 0.15) is 5.56 Å². The van der Waals surface area contributed by atoms with Crippen LogP contribution in [0.3, 0.4) is 0 Å². The molecule has 2 N–H and O–H groups in total. The third-order valence-corrected chi connectivity index (χ3v) is 3.73. The largest absolute Gasteiger partial charge is 0.336 e. The molecule has 0 bridgehead atoms. The number of carbonyl (C=O) groups excluding carboxylic acids is 2. The molecule has 2 amide bonds. The van der Waals surface area contributed by atoms with Gasteiger partial charge in [-0.1, -0.05) is 29.5 Å². The Balaban J connectivity index is 1.77. The Labute approximate surface area is 132 Å². The fourth-order valence-electron chi connectivity index (χ4n) is 1.65. The minimum absolute atomic E-state index is 0.00365. The number of aromatic nitrogens is 3. The number of nitrogens with zero attached hydrogens (tertiary/aromatic N) is 3. The van der Waals surface area contributed by atoms with Crippen molar-refractivity contribution in [2.24, 2.45) is 0 Å². The topological polar surface area (TPSA) is 91.0 Å². The first-order valence-corrected chi connectivity index (χ1v) is 7.62. The Morgan fingerprint density at radius 3 is 2.68 bits per heavy atom. The molecule has 116 valence electrons. The van der Waals surface area contributed by atoms with Gasteiger partial charge in [0.05, 0.1) is 12.3 Å². The van der Waals surface area contributed by atoms with Crippen LogP contribution in [-0.2, 0) is 9.59 Å². The first-order chi connectivity index (χ1) is 10.5. The fraction of sp³-hybridized carbons (Fsp3) is 0.286. The molecule has 1 heterocycles. The van der Waals surface area contributed by atoms with Crippen molar-refractivity contribution in [1.82, 2.24) is 20.1 Å². The van der Waals surface area contributed by atoms with Gasteiger partial charge in [0, 0.05) is 12.7 Å². The van der Waals surface area contributed by atoms with Crippen molar-refractivity contribution in [1.29, 1.82) is 0 Å². The minimum atomic E-state index is -0.232. The molecule has 2 aromatic rings. The van der Waals surface area contributed by atoms with E-state index in [0.29, 0.717) is 10.8 Å². The van der Waals surface area contributed by atoms with Crippen molar-refractivity contribution in [3.8, 4) is 0 Å². The van der Waals surface area contributed by atoms with Crippen LogP contribution in [0.2, 0.25) is 0 Å². The van der Waals surface area contributed by atoms with Gasteiger partial charge < -0.3 is 10.2 Å². The van der Waals surface area contributed by atoms with E-state index in [1.165, 1.54) is 23.0 Å². The summed E-state index contributed by atoms with van der Waals surface area (Å²) in [7, 11) is 1.60. The summed E-state index contributed by atoms with van der Waals surface area (Å²) in [6, 6.07) is 7.49. The van der Waals surface area contributed by atoms with E-state index in [-0.39, 0.29) is 24.1 Å². The molecule has 2 rings (SSSR count). The number of likely N-dealkylation sites (N-methyl/N-ethyl adjacent to an activating group) is 1. The van der Waals surface area contributed by atoms with Crippen LogP contribution in [-0.4, -0.2) is 51.2 Å². The molecule has 0 unspecified atom stereocenters. The Morgan fingerprint density at radius 2 is 2.05 bits per heavy atom. The van der Waals surface area contributed by atoms with Crippen molar-refractivity contribution in [3.63, 3.8) is 0 Å². The molecule has 1 aromatic heterocycles. The Hall–Kier alpha value is -2.35. The quantitative estimate of drug-likeness (QED) is 0.783. The molecule has 0 saturated carbocycles. The predicted molar refractivity (Wildman–Crippen MR) is 84.6 cm³/mol. The summed E-state index contributed by atoms with van der Waals surface area (Å²) in [5.41, 5.74) is 1.84. The fourth-order valence-corrected chi connectivity index (χ4v) is 2.36. The number of amides is 2. The van der Waals surface area contributed by atoms with Crippen LogP contribution < -0.4 is 5.32 Å². The summed E-state index contributed by atoms with van der Waals surface area (Å²) < 4.78 is 0. The number of aromatic amines is 1. The molecule has 0 aliphatic heterocycles. The number of carbonyl (C=O) groups is 2. The lowest BCUT2D eigenvalue weighted by atomic mass is 10.2. The number of anilines is 1. The molecule has 22 heavy (non-hydrogen) atoms. The zero-order valence-corrected chi connectivity index (χ0v) is 13.2. The van der Waals surface area contributed by atoms with Gasteiger partial charge in [-0.2, -0.15) is 5.10 Å². The standard InChI is InChI=1S/C14H17N5O2S/c1-10-3-5-11(6-4-10)17-12(20)7-19(2)13(21)8-22-14-15-9-16-18-14/h3-6,9H,7-8H2,1-2H3,(H,17,20)(H,15,16,18). The number of nitrogens with one attached hydrogen (secondary N) is 2. The van der Waals surface area contributed by atoms with Gasteiger partial charge >= 0.3 is 0 Å². The zero-order chi connectivity index (χ0) is 15.9. The molecule has 7 nitrogen and oxygen atoms in total. The van der Waals surface area contributed by atoms with Crippen molar-refractivity contribution in [2.45, 2.75) is 12.1 Å². The van der Waals surface area contributed by atoms with E-state index in [1.54, 1.807) is 7.05 Å². The number of hydrogen-bond acceptors (Lipinski definition) is 5. The third kappa shape index (κ3) is 4.88. The lowest BCUT2D eigenvalue weighted by molar-refractivity contribution is -0.131. The second-order valence-corrected chi connectivity index (χ2v) is 5.71. The Kier molecular flexibility index (Phi) is 5.54. The van der Waals surface area contributed by atoms with E-state index in [0.717, 1.165) is 5.56 Å². The van der Waals surface area contributed by atoms with Gasteiger partial charge in [-0.05, 0) is 19.1 Å². The summed E-state index contributed by atoms with van der Waals surface area (Å²) >= 11 is 1.24. The molecule has 1 aromatic carbocycles. The molecule has 0 atom stereocenters. The minimum Gasteiger partial charge on any atom is -0.336 e. The van der Waals surface area contributed by atoms with E-state index in [4.69, 9.17) is 0 Å². The van der Waals surface area contributed by atoms with Gasteiger partial charge in [0.15, 0.2) is 5.16 Å². The number of rotatable bonds is 6. The van der Waals surface area contributed by atoms with Crippen LogP contribution in [0.4, 0.5) is 5.69 Å². The molecular weight excluding hydrogens is 302 g/mol. The first-order valence-electron chi connectivity index (χ1n) is 6.63. The zero-order valence-electron chi connectivity index (χ0n) is 12.4. The Bertz CT molecular complexity index is 627. The highest BCUT2D eigenvalue weighted by molar-refractivity contribution is 7.99. The summed E-state index contributed by atoms with van der Waals surface area (Å²) in [5.74, 6) is -0.187. The van der Waals surface area contributed by atoms with Crippen LogP contribution in [0.5, 0.6) is 0 Å². The molecule has 0 saturated heterocycles. The van der Waals surface area contributed by atoms with Crippen molar-refractivity contribution in [2.75, 3.05) is 24.7 Å². The average Bonchev–Trinajstić information content (AvgIpc) is 3.00. The highest BCUT2D eigenvalue weighted by atomic mass is 32.2. The van der Waals surface area contributed by atoms with Crippen molar-refractivity contribution >= 4 is 29.3 Å². The molecule has 8 heteroatoms.